The molecular formula is C30H17F9O. The smallest absolute Gasteiger partial charge is 0.429 e. The fraction of sp³-hybridized carbons (Fsp3) is 0.133. The standard InChI is InChI=1S/C30H17F9O/c1-2-3-16-4-6-18(22(31)10-16)7-5-17-11-24(33)28(25(34)12-17)30(38,39)40-20-8-9-21(23(32)15-20)19-13-26(35)29(37)27(36)14-19/h4,6,8-15H,2-3H2,1H3. The maximum Gasteiger partial charge on any atom is 0.432 e. The Labute approximate surface area is 222 Å². The molecule has 0 N–H and O–H groups in total. The van der Waals surface area contributed by atoms with E-state index in [2.05, 4.69) is 16.6 Å². The molecule has 0 saturated carbocycles. The highest BCUT2D eigenvalue weighted by atomic mass is 19.3. The summed E-state index contributed by atoms with van der Waals surface area (Å²) >= 11 is 0. The normalized spacial score (nSPS) is 11.2. The SMILES string of the molecule is CCCc1ccc(C#Cc2cc(F)c(C(F)(F)Oc3ccc(-c4cc(F)c(F)c(F)c4)c(F)c3)c(F)c2)c(F)c1. The van der Waals surface area contributed by atoms with Crippen LogP contribution >= 0.6 is 0 Å². The van der Waals surface area contributed by atoms with Crippen LogP contribution in [0.2, 0.25) is 0 Å². The zero-order valence-electron chi connectivity index (χ0n) is 20.5. The van der Waals surface area contributed by atoms with Gasteiger partial charge in [0.25, 0.3) is 0 Å². The number of hydrogen-bond donors (Lipinski definition) is 0. The minimum atomic E-state index is -4.64. The van der Waals surface area contributed by atoms with Gasteiger partial charge in [-0.1, -0.05) is 31.3 Å². The van der Waals surface area contributed by atoms with E-state index in [9.17, 15) is 39.5 Å². The molecule has 0 saturated heterocycles. The van der Waals surface area contributed by atoms with E-state index in [1.807, 2.05) is 6.92 Å². The van der Waals surface area contributed by atoms with Crippen molar-refractivity contribution in [2.75, 3.05) is 0 Å². The van der Waals surface area contributed by atoms with Gasteiger partial charge in [0.15, 0.2) is 17.5 Å². The first kappa shape index (κ1) is 28.6. The van der Waals surface area contributed by atoms with Crippen molar-refractivity contribution in [3.63, 3.8) is 0 Å². The van der Waals surface area contributed by atoms with Crippen LogP contribution in [0.15, 0.2) is 60.7 Å². The highest BCUT2D eigenvalue weighted by molar-refractivity contribution is 5.65. The van der Waals surface area contributed by atoms with Gasteiger partial charge in [-0.2, -0.15) is 8.78 Å². The van der Waals surface area contributed by atoms with E-state index < -0.39 is 69.3 Å². The molecule has 4 aromatic carbocycles. The van der Waals surface area contributed by atoms with Crippen molar-refractivity contribution in [1.82, 2.24) is 0 Å². The van der Waals surface area contributed by atoms with Crippen molar-refractivity contribution in [3.05, 3.63) is 124 Å². The molecule has 0 bridgehead atoms. The Kier molecular flexibility index (Phi) is 8.14. The lowest BCUT2D eigenvalue weighted by atomic mass is 10.0. The zero-order chi connectivity index (χ0) is 29.2. The fourth-order valence-corrected chi connectivity index (χ4v) is 3.87. The maximum absolute atomic E-state index is 14.8. The highest BCUT2D eigenvalue weighted by Crippen LogP contribution is 2.37. The Balaban J connectivity index is 1.58. The van der Waals surface area contributed by atoms with E-state index >= 15 is 0 Å². The summed E-state index contributed by atoms with van der Waals surface area (Å²) < 4.78 is 132. The molecule has 0 aliphatic heterocycles. The second-order valence-electron chi connectivity index (χ2n) is 8.64. The molecule has 0 heterocycles. The van der Waals surface area contributed by atoms with E-state index in [1.165, 1.54) is 12.1 Å². The van der Waals surface area contributed by atoms with Gasteiger partial charge < -0.3 is 4.74 Å². The van der Waals surface area contributed by atoms with Gasteiger partial charge >= 0.3 is 6.11 Å². The Morgan fingerprint density at radius 1 is 0.675 bits per heavy atom. The van der Waals surface area contributed by atoms with Crippen molar-refractivity contribution < 1.29 is 44.3 Å². The average Bonchev–Trinajstić information content (AvgIpc) is 2.86. The van der Waals surface area contributed by atoms with E-state index in [-0.39, 0.29) is 11.1 Å². The van der Waals surface area contributed by atoms with Gasteiger partial charge in [-0.15, -0.1) is 0 Å². The van der Waals surface area contributed by atoms with E-state index in [1.54, 1.807) is 6.07 Å². The third-order valence-corrected chi connectivity index (χ3v) is 5.73. The first-order valence-corrected chi connectivity index (χ1v) is 11.7. The molecule has 10 heteroatoms. The lowest BCUT2D eigenvalue weighted by molar-refractivity contribution is -0.189. The summed E-state index contributed by atoms with van der Waals surface area (Å²) in [6.07, 6.45) is -3.20. The molecule has 0 radical (unpaired) electrons. The molecule has 1 nitrogen and oxygen atoms in total. The number of alkyl halides is 2. The number of aryl methyl sites for hydroxylation is 1. The molecule has 0 unspecified atom stereocenters. The van der Waals surface area contributed by atoms with Crippen LogP contribution < -0.4 is 4.74 Å². The number of halogens is 9. The zero-order valence-corrected chi connectivity index (χ0v) is 20.5. The van der Waals surface area contributed by atoms with Gasteiger partial charge in [-0.3, -0.25) is 0 Å². The number of hydrogen-bond acceptors (Lipinski definition) is 1. The topological polar surface area (TPSA) is 9.23 Å². The molecular weight excluding hydrogens is 547 g/mol. The Morgan fingerprint density at radius 3 is 1.90 bits per heavy atom. The summed E-state index contributed by atoms with van der Waals surface area (Å²) in [5.41, 5.74) is -2.39. The molecule has 0 fully saturated rings. The summed E-state index contributed by atoms with van der Waals surface area (Å²) in [5, 5.41) is 0. The largest absolute Gasteiger partial charge is 0.432 e. The second-order valence-corrected chi connectivity index (χ2v) is 8.64. The molecule has 206 valence electrons. The third kappa shape index (κ3) is 6.09. The van der Waals surface area contributed by atoms with E-state index in [0.29, 0.717) is 36.8 Å². The quantitative estimate of drug-likeness (QED) is 0.129. The van der Waals surface area contributed by atoms with E-state index in [4.69, 9.17) is 0 Å². The Bertz CT molecular complexity index is 1610. The number of ether oxygens (including phenoxy) is 1. The lowest BCUT2D eigenvalue weighted by Gasteiger charge is -2.20. The van der Waals surface area contributed by atoms with Gasteiger partial charge in [-0.25, -0.2) is 30.7 Å². The highest BCUT2D eigenvalue weighted by Gasteiger charge is 2.41. The number of rotatable bonds is 6. The molecule has 40 heavy (non-hydrogen) atoms. The first-order valence-electron chi connectivity index (χ1n) is 11.7. The van der Waals surface area contributed by atoms with Gasteiger partial charge in [0.2, 0.25) is 0 Å². The van der Waals surface area contributed by atoms with Crippen LogP contribution in [-0.2, 0) is 12.5 Å². The monoisotopic (exact) mass is 564 g/mol. The molecule has 0 aliphatic carbocycles. The molecule has 0 amide bonds. The van der Waals surface area contributed by atoms with Crippen LogP contribution in [0.3, 0.4) is 0 Å². The van der Waals surface area contributed by atoms with Crippen molar-refractivity contribution >= 4 is 0 Å². The van der Waals surface area contributed by atoms with Crippen LogP contribution in [0.5, 0.6) is 5.75 Å². The summed E-state index contributed by atoms with van der Waals surface area (Å²) in [5.74, 6) is -6.55. The van der Waals surface area contributed by atoms with Gasteiger partial charge in [0, 0.05) is 17.2 Å². The molecule has 0 aromatic heterocycles. The van der Waals surface area contributed by atoms with Gasteiger partial charge in [0.1, 0.15) is 34.6 Å². The summed E-state index contributed by atoms with van der Waals surface area (Å²) in [4.78, 5) is 0. The second kappa shape index (κ2) is 11.4. The lowest BCUT2D eigenvalue weighted by Crippen LogP contribution is -2.25. The summed E-state index contributed by atoms with van der Waals surface area (Å²) in [6, 6.07) is 8.30. The minimum absolute atomic E-state index is 0.0602. The van der Waals surface area contributed by atoms with Gasteiger partial charge in [0.05, 0.1) is 5.56 Å². The summed E-state index contributed by atoms with van der Waals surface area (Å²) in [6.45, 7) is 1.92. The third-order valence-electron chi connectivity index (χ3n) is 5.73. The van der Waals surface area contributed by atoms with Crippen LogP contribution in [0, 0.1) is 52.6 Å². The Morgan fingerprint density at radius 2 is 1.32 bits per heavy atom. The van der Waals surface area contributed by atoms with Crippen LogP contribution in [0.4, 0.5) is 39.5 Å². The summed E-state index contributed by atoms with van der Waals surface area (Å²) in [7, 11) is 0. The average molecular weight is 564 g/mol. The fourth-order valence-electron chi connectivity index (χ4n) is 3.87. The minimum Gasteiger partial charge on any atom is -0.429 e. The van der Waals surface area contributed by atoms with Gasteiger partial charge in [-0.05, 0) is 66.1 Å². The van der Waals surface area contributed by atoms with Crippen molar-refractivity contribution in [3.8, 4) is 28.7 Å². The maximum atomic E-state index is 14.8. The molecule has 4 rings (SSSR count). The predicted molar refractivity (Wildman–Crippen MR) is 129 cm³/mol. The van der Waals surface area contributed by atoms with Crippen molar-refractivity contribution in [2.45, 2.75) is 25.9 Å². The van der Waals surface area contributed by atoms with Crippen LogP contribution in [0.25, 0.3) is 11.1 Å². The van der Waals surface area contributed by atoms with Crippen LogP contribution in [-0.4, -0.2) is 0 Å². The van der Waals surface area contributed by atoms with E-state index in [0.717, 1.165) is 24.1 Å². The number of benzene rings is 4. The first-order chi connectivity index (χ1) is 18.9. The van der Waals surface area contributed by atoms with Crippen LogP contribution in [0.1, 0.15) is 35.6 Å². The predicted octanol–water partition coefficient (Wildman–Crippen LogP) is 8.81. The molecule has 4 aromatic rings. The molecule has 0 spiro atoms. The molecule has 0 atom stereocenters. The van der Waals surface area contributed by atoms with Crippen molar-refractivity contribution in [2.24, 2.45) is 0 Å². The Hall–Kier alpha value is -4.39. The molecule has 0 aliphatic rings. The van der Waals surface area contributed by atoms with Crippen molar-refractivity contribution in [1.29, 1.82) is 0 Å².